The summed E-state index contributed by atoms with van der Waals surface area (Å²) in [6.07, 6.45) is 0. The van der Waals surface area contributed by atoms with Crippen LogP contribution in [0.25, 0.3) is 0 Å². The molecule has 0 amide bonds. The van der Waals surface area contributed by atoms with E-state index in [0.29, 0.717) is 12.1 Å². The van der Waals surface area contributed by atoms with Gasteiger partial charge in [-0.25, -0.2) is 8.78 Å². The summed E-state index contributed by atoms with van der Waals surface area (Å²) in [6.45, 7) is 2.06. The van der Waals surface area contributed by atoms with Crippen LogP contribution in [0.2, 0.25) is 0 Å². The van der Waals surface area contributed by atoms with Gasteiger partial charge in [-0.2, -0.15) is 0 Å². The lowest BCUT2D eigenvalue weighted by molar-refractivity contribution is 0.582. The van der Waals surface area contributed by atoms with Gasteiger partial charge in [-0.05, 0) is 30.0 Å². The van der Waals surface area contributed by atoms with Crippen LogP contribution >= 0.6 is 11.3 Å². The maximum Gasteiger partial charge on any atom is 0.152 e. The minimum absolute atomic E-state index is 0.0478. The van der Waals surface area contributed by atoms with Gasteiger partial charge < -0.3 is 5.32 Å². The van der Waals surface area contributed by atoms with Crippen LogP contribution in [0.4, 0.5) is 14.5 Å². The minimum atomic E-state index is -0.556. The first kappa shape index (κ1) is 11.1. The van der Waals surface area contributed by atoms with Gasteiger partial charge in [0.1, 0.15) is 11.5 Å². The molecular formula is C12H11F2NS. The number of nitrogens with one attached hydrogen (secondary N) is 1. The lowest BCUT2D eigenvalue weighted by Crippen LogP contribution is -2.03. The van der Waals surface area contributed by atoms with Gasteiger partial charge in [0.15, 0.2) is 5.82 Å². The summed E-state index contributed by atoms with van der Waals surface area (Å²) in [5.74, 6) is -1.07. The predicted molar refractivity (Wildman–Crippen MR) is 62.7 cm³/mol. The molecule has 1 nitrogen and oxygen atoms in total. The first-order chi connectivity index (χ1) is 7.68. The Kier molecular flexibility index (Phi) is 3.19. The van der Waals surface area contributed by atoms with Crippen LogP contribution in [-0.2, 0) is 6.54 Å². The number of aryl methyl sites for hydroxylation is 1. The first-order valence-corrected chi connectivity index (χ1v) is 5.77. The molecule has 1 heterocycles. The molecule has 1 aromatic carbocycles. The number of halogens is 2. The zero-order valence-corrected chi connectivity index (χ0v) is 9.57. The molecule has 0 radical (unpaired) electrons. The van der Waals surface area contributed by atoms with Gasteiger partial charge in [-0.3, -0.25) is 0 Å². The van der Waals surface area contributed by atoms with Crippen LogP contribution in [0.1, 0.15) is 10.4 Å². The smallest absolute Gasteiger partial charge is 0.152 e. The summed E-state index contributed by atoms with van der Waals surface area (Å²) >= 11 is 1.55. The summed E-state index contributed by atoms with van der Waals surface area (Å²) in [4.78, 5) is 1.04. The minimum Gasteiger partial charge on any atom is -0.375 e. The Labute approximate surface area is 96.7 Å². The zero-order valence-electron chi connectivity index (χ0n) is 8.76. The molecule has 2 aromatic rings. The molecule has 0 unspecified atom stereocenters. The van der Waals surface area contributed by atoms with Crippen molar-refractivity contribution in [3.05, 3.63) is 51.7 Å². The molecule has 16 heavy (non-hydrogen) atoms. The molecule has 0 saturated heterocycles. The average molecular weight is 239 g/mol. The van der Waals surface area contributed by atoms with Gasteiger partial charge >= 0.3 is 0 Å². The molecule has 4 heteroatoms. The topological polar surface area (TPSA) is 12.0 Å². The summed E-state index contributed by atoms with van der Waals surface area (Å²) in [7, 11) is 0. The average Bonchev–Trinajstić information content (AvgIpc) is 2.77. The van der Waals surface area contributed by atoms with E-state index in [4.69, 9.17) is 0 Å². The number of anilines is 1. The van der Waals surface area contributed by atoms with Gasteiger partial charge in [0.25, 0.3) is 0 Å². The van der Waals surface area contributed by atoms with E-state index in [0.717, 1.165) is 4.88 Å². The predicted octanol–water partition coefficient (Wildman–Crippen LogP) is 3.95. The van der Waals surface area contributed by atoms with E-state index in [1.807, 2.05) is 17.5 Å². The second-order valence-corrected chi connectivity index (χ2v) is 4.52. The normalized spacial score (nSPS) is 10.4. The maximum atomic E-state index is 13.6. The largest absolute Gasteiger partial charge is 0.375 e. The summed E-state index contributed by atoms with van der Waals surface area (Å²) in [6, 6.07) is 6.53. The molecule has 0 aliphatic carbocycles. The van der Waals surface area contributed by atoms with Crippen LogP contribution < -0.4 is 5.32 Å². The lowest BCUT2D eigenvalue weighted by Gasteiger charge is -2.09. The second-order valence-electron chi connectivity index (χ2n) is 3.49. The quantitative estimate of drug-likeness (QED) is 0.855. The molecule has 1 N–H and O–H groups in total. The Balaban J connectivity index is 2.18. The molecule has 0 saturated carbocycles. The summed E-state index contributed by atoms with van der Waals surface area (Å²) in [5.41, 5.74) is 0.392. The molecular weight excluding hydrogens is 228 g/mol. The number of thiophene rings is 1. The fourth-order valence-corrected chi connectivity index (χ4v) is 2.05. The summed E-state index contributed by atoms with van der Waals surface area (Å²) < 4.78 is 27.0. The number of hydrogen-bond donors (Lipinski definition) is 1. The van der Waals surface area contributed by atoms with Crippen molar-refractivity contribution in [2.75, 3.05) is 5.32 Å². The SMILES string of the molecule is Cc1ccc(F)c(NCc2cccs2)c1F. The van der Waals surface area contributed by atoms with Crippen molar-refractivity contribution in [2.45, 2.75) is 13.5 Å². The standard InChI is InChI=1S/C12H11F2NS/c1-8-4-5-10(13)12(11(8)14)15-7-9-3-2-6-16-9/h2-6,15H,7H2,1H3. The third-order valence-electron chi connectivity index (χ3n) is 2.30. The number of hydrogen-bond acceptors (Lipinski definition) is 2. The highest BCUT2D eigenvalue weighted by Crippen LogP contribution is 2.22. The summed E-state index contributed by atoms with van der Waals surface area (Å²) in [5, 5.41) is 4.72. The third-order valence-corrected chi connectivity index (χ3v) is 3.18. The van der Waals surface area contributed by atoms with E-state index in [1.54, 1.807) is 18.3 Å². The van der Waals surface area contributed by atoms with Gasteiger partial charge in [-0.15, -0.1) is 11.3 Å². The molecule has 0 atom stereocenters. The van der Waals surface area contributed by atoms with Crippen LogP contribution in [0.15, 0.2) is 29.6 Å². The van der Waals surface area contributed by atoms with Crippen LogP contribution in [0, 0.1) is 18.6 Å². The zero-order chi connectivity index (χ0) is 11.5. The fraction of sp³-hybridized carbons (Fsp3) is 0.167. The lowest BCUT2D eigenvalue weighted by atomic mass is 10.2. The molecule has 0 bridgehead atoms. The first-order valence-electron chi connectivity index (χ1n) is 4.89. The van der Waals surface area contributed by atoms with E-state index in [1.165, 1.54) is 12.1 Å². The Morgan fingerprint density at radius 3 is 2.75 bits per heavy atom. The van der Waals surface area contributed by atoms with Gasteiger partial charge in [0, 0.05) is 11.4 Å². The molecule has 0 aliphatic rings. The Hall–Kier alpha value is -1.42. The van der Waals surface area contributed by atoms with Crippen LogP contribution in [0.3, 0.4) is 0 Å². The fourth-order valence-electron chi connectivity index (χ4n) is 1.41. The van der Waals surface area contributed by atoms with Crippen LogP contribution in [0.5, 0.6) is 0 Å². The van der Waals surface area contributed by atoms with Gasteiger partial charge in [0.05, 0.1) is 0 Å². The van der Waals surface area contributed by atoms with Crippen molar-refractivity contribution in [3.8, 4) is 0 Å². The molecule has 0 aliphatic heterocycles. The Morgan fingerprint density at radius 1 is 1.25 bits per heavy atom. The molecule has 0 spiro atoms. The van der Waals surface area contributed by atoms with E-state index in [2.05, 4.69) is 5.32 Å². The van der Waals surface area contributed by atoms with Gasteiger partial charge in [-0.1, -0.05) is 12.1 Å². The number of benzene rings is 1. The van der Waals surface area contributed by atoms with E-state index >= 15 is 0 Å². The van der Waals surface area contributed by atoms with Crippen molar-refractivity contribution in [1.29, 1.82) is 0 Å². The highest BCUT2D eigenvalue weighted by atomic mass is 32.1. The van der Waals surface area contributed by atoms with E-state index < -0.39 is 11.6 Å². The highest BCUT2D eigenvalue weighted by molar-refractivity contribution is 7.09. The van der Waals surface area contributed by atoms with Crippen LogP contribution in [-0.4, -0.2) is 0 Å². The molecule has 1 aromatic heterocycles. The molecule has 0 fully saturated rings. The number of rotatable bonds is 3. The highest BCUT2D eigenvalue weighted by Gasteiger charge is 2.10. The van der Waals surface area contributed by atoms with E-state index in [9.17, 15) is 8.78 Å². The molecule has 84 valence electrons. The monoisotopic (exact) mass is 239 g/mol. The molecule has 2 rings (SSSR count). The van der Waals surface area contributed by atoms with Crippen molar-refractivity contribution in [3.63, 3.8) is 0 Å². The van der Waals surface area contributed by atoms with Crippen molar-refractivity contribution < 1.29 is 8.78 Å². The Bertz CT molecular complexity index is 480. The van der Waals surface area contributed by atoms with Gasteiger partial charge in [0.2, 0.25) is 0 Å². The van der Waals surface area contributed by atoms with Crippen molar-refractivity contribution in [1.82, 2.24) is 0 Å². The van der Waals surface area contributed by atoms with Crippen molar-refractivity contribution >= 4 is 17.0 Å². The second kappa shape index (κ2) is 4.61. The third kappa shape index (κ3) is 2.22. The van der Waals surface area contributed by atoms with Crippen molar-refractivity contribution in [2.24, 2.45) is 0 Å². The Morgan fingerprint density at radius 2 is 2.06 bits per heavy atom. The van der Waals surface area contributed by atoms with E-state index in [-0.39, 0.29) is 5.69 Å². The maximum absolute atomic E-state index is 13.6.